The Morgan fingerprint density at radius 1 is 1.10 bits per heavy atom. The summed E-state index contributed by atoms with van der Waals surface area (Å²) in [5, 5.41) is 19.3. The average molecular weight is 571 g/mol. The zero-order chi connectivity index (χ0) is 28.1. The number of hydrogen-bond acceptors (Lipinski definition) is 6. The fourth-order valence-electron chi connectivity index (χ4n) is 6.61. The fourth-order valence-corrected chi connectivity index (χ4v) is 6.82. The molecule has 2 N–H and O–H groups in total. The molecule has 7 rings (SSSR count). The lowest BCUT2D eigenvalue weighted by Crippen LogP contribution is -2.39. The van der Waals surface area contributed by atoms with Gasteiger partial charge < -0.3 is 9.77 Å². The summed E-state index contributed by atoms with van der Waals surface area (Å²) in [5.74, 6) is 2.63. The molecule has 11 heteroatoms. The monoisotopic (exact) mass is 570 g/mol. The molecule has 0 aliphatic heterocycles. The molecule has 0 amide bonds. The number of fused-ring (bicyclic) bond motifs is 1. The van der Waals surface area contributed by atoms with Crippen LogP contribution in [0.25, 0.3) is 34.1 Å². The Labute approximate surface area is 241 Å². The van der Waals surface area contributed by atoms with E-state index in [4.69, 9.17) is 26.6 Å². The Morgan fingerprint density at radius 3 is 2.54 bits per heavy atom. The third kappa shape index (κ3) is 4.60. The number of aromatic amines is 2. The minimum Gasteiger partial charge on any atom is -0.619 e. The molecule has 4 heterocycles. The summed E-state index contributed by atoms with van der Waals surface area (Å²) >= 11 is 6.36. The number of benzene rings is 1. The average Bonchev–Trinajstić information content (AvgIpc) is 3.53. The SMILES string of the molecule is C[C@H]1CC[C@H](Cn2c(C3(c4ccccc4)CCC3)nc3nc(-c4n[nH]c(=O)[nH]4)nc(-c4cc(Cl)c[n+]([O-])c4)c32)CC1. The van der Waals surface area contributed by atoms with Crippen LogP contribution in [0, 0.1) is 17.0 Å². The van der Waals surface area contributed by atoms with Crippen molar-refractivity contribution in [2.45, 2.75) is 63.8 Å². The van der Waals surface area contributed by atoms with Crippen LogP contribution in [-0.4, -0.2) is 34.7 Å². The lowest BCUT2D eigenvalue weighted by Gasteiger charge is -2.42. The quantitative estimate of drug-likeness (QED) is 0.214. The molecule has 4 aromatic heterocycles. The van der Waals surface area contributed by atoms with Gasteiger partial charge in [-0.2, -0.15) is 4.73 Å². The summed E-state index contributed by atoms with van der Waals surface area (Å²) in [7, 11) is 0. The summed E-state index contributed by atoms with van der Waals surface area (Å²) in [5.41, 5.74) is 2.90. The van der Waals surface area contributed by atoms with Gasteiger partial charge in [0.05, 0.1) is 11.0 Å². The van der Waals surface area contributed by atoms with Crippen molar-refractivity contribution in [1.29, 1.82) is 0 Å². The molecular weight excluding hydrogens is 540 g/mol. The van der Waals surface area contributed by atoms with E-state index in [-0.39, 0.29) is 17.1 Å². The van der Waals surface area contributed by atoms with Crippen molar-refractivity contribution in [3.05, 3.63) is 80.9 Å². The molecule has 2 aliphatic rings. The molecule has 0 bridgehead atoms. The van der Waals surface area contributed by atoms with E-state index in [0.717, 1.165) is 55.9 Å². The lowest BCUT2D eigenvalue weighted by molar-refractivity contribution is -0.604. The van der Waals surface area contributed by atoms with E-state index >= 15 is 0 Å². The first kappa shape index (κ1) is 25.9. The summed E-state index contributed by atoms with van der Waals surface area (Å²) < 4.78 is 3.01. The maximum Gasteiger partial charge on any atom is 0.341 e. The Hall–Kier alpha value is -4.05. The predicted octanol–water partition coefficient (Wildman–Crippen LogP) is 5.15. The van der Waals surface area contributed by atoms with Gasteiger partial charge in [-0.1, -0.05) is 68.1 Å². The first-order valence-electron chi connectivity index (χ1n) is 14.3. The number of hydrogen-bond donors (Lipinski definition) is 2. The largest absolute Gasteiger partial charge is 0.619 e. The van der Waals surface area contributed by atoms with Crippen LogP contribution in [0.4, 0.5) is 0 Å². The zero-order valence-electron chi connectivity index (χ0n) is 22.8. The minimum atomic E-state index is -0.458. The summed E-state index contributed by atoms with van der Waals surface area (Å²) in [4.78, 5) is 29.5. The fraction of sp³-hybridized carbons (Fsp3) is 0.400. The van der Waals surface area contributed by atoms with Crippen LogP contribution in [0.3, 0.4) is 0 Å². The molecule has 0 saturated heterocycles. The second kappa shape index (κ2) is 10.1. The van der Waals surface area contributed by atoms with Crippen molar-refractivity contribution in [1.82, 2.24) is 34.7 Å². The molecular formula is C30H31ClN8O2. The predicted molar refractivity (Wildman–Crippen MR) is 155 cm³/mol. The van der Waals surface area contributed by atoms with E-state index < -0.39 is 5.69 Å². The van der Waals surface area contributed by atoms with Gasteiger partial charge in [-0.25, -0.2) is 24.8 Å². The molecule has 2 saturated carbocycles. The zero-order valence-corrected chi connectivity index (χ0v) is 23.6. The number of pyridine rings is 1. The molecule has 210 valence electrons. The molecule has 10 nitrogen and oxygen atoms in total. The molecule has 0 radical (unpaired) electrons. The third-order valence-electron chi connectivity index (χ3n) is 8.94. The first-order valence-corrected chi connectivity index (χ1v) is 14.7. The minimum absolute atomic E-state index is 0.203. The molecule has 1 aromatic carbocycles. The topological polar surface area (TPSA) is 132 Å². The van der Waals surface area contributed by atoms with E-state index in [1.54, 1.807) is 6.07 Å². The third-order valence-corrected chi connectivity index (χ3v) is 9.14. The summed E-state index contributed by atoms with van der Waals surface area (Å²) in [6, 6.07) is 12.3. The Kier molecular flexibility index (Phi) is 6.37. The molecule has 41 heavy (non-hydrogen) atoms. The maximum absolute atomic E-state index is 12.5. The molecule has 2 fully saturated rings. The van der Waals surface area contributed by atoms with Crippen molar-refractivity contribution in [3.8, 4) is 22.9 Å². The van der Waals surface area contributed by atoms with Crippen LogP contribution in [0.5, 0.6) is 0 Å². The van der Waals surface area contributed by atoms with Gasteiger partial charge in [0.2, 0.25) is 0 Å². The van der Waals surface area contributed by atoms with Crippen molar-refractivity contribution < 1.29 is 4.73 Å². The van der Waals surface area contributed by atoms with Crippen LogP contribution in [0.1, 0.15) is 63.3 Å². The number of nitrogens with zero attached hydrogens (tertiary/aromatic N) is 6. The normalized spacial score (nSPS) is 20.2. The second-order valence-corrected chi connectivity index (χ2v) is 12.1. The van der Waals surface area contributed by atoms with E-state index in [1.165, 1.54) is 30.8 Å². The molecule has 0 unspecified atom stereocenters. The van der Waals surface area contributed by atoms with Crippen LogP contribution in [0.2, 0.25) is 5.02 Å². The standard InChI is InChI=1S/C30H31ClN8O2/c1-18-8-10-19(11-9-18)15-39-24-23(20-14-22(31)17-38(41)16-20)32-26(27-35-29(40)37-36-27)33-25(24)34-28(39)30(12-5-13-30)21-6-3-2-4-7-21/h2-4,6-7,14,16-19H,5,8-13,15H2,1H3,(H2,35,36,37,40)/t18-,19-. The van der Waals surface area contributed by atoms with E-state index in [0.29, 0.717) is 32.6 Å². The molecule has 0 atom stereocenters. The van der Waals surface area contributed by atoms with Crippen LogP contribution >= 0.6 is 11.6 Å². The molecule has 5 aromatic rings. The Morgan fingerprint density at radius 2 is 1.88 bits per heavy atom. The van der Waals surface area contributed by atoms with Crippen molar-refractivity contribution in [2.24, 2.45) is 11.8 Å². The Balaban J connectivity index is 1.51. The van der Waals surface area contributed by atoms with Crippen molar-refractivity contribution >= 4 is 22.8 Å². The number of H-pyrrole nitrogens is 2. The van der Waals surface area contributed by atoms with Gasteiger partial charge in [0.15, 0.2) is 29.7 Å². The summed E-state index contributed by atoms with van der Waals surface area (Å²) in [6.07, 6.45) is 10.6. The number of aromatic nitrogens is 8. The Bertz CT molecular complexity index is 1760. The highest BCUT2D eigenvalue weighted by molar-refractivity contribution is 6.30. The van der Waals surface area contributed by atoms with E-state index in [2.05, 4.69) is 50.9 Å². The van der Waals surface area contributed by atoms with Gasteiger partial charge in [0.25, 0.3) is 0 Å². The first-order chi connectivity index (χ1) is 19.9. The van der Waals surface area contributed by atoms with Gasteiger partial charge >= 0.3 is 5.69 Å². The highest BCUT2D eigenvalue weighted by atomic mass is 35.5. The maximum atomic E-state index is 12.5. The molecule has 2 aliphatic carbocycles. The van der Waals surface area contributed by atoms with Gasteiger partial charge in [-0.15, -0.1) is 5.10 Å². The number of halogens is 1. The van der Waals surface area contributed by atoms with E-state index in [1.807, 2.05) is 6.07 Å². The van der Waals surface area contributed by atoms with Gasteiger partial charge in [-0.05, 0) is 49.1 Å². The van der Waals surface area contributed by atoms with Gasteiger partial charge in [0.1, 0.15) is 22.1 Å². The highest BCUT2D eigenvalue weighted by Crippen LogP contribution is 2.50. The molecule has 0 spiro atoms. The second-order valence-electron chi connectivity index (χ2n) is 11.7. The van der Waals surface area contributed by atoms with Crippen molar-refractivity contribution in [2.75, 3.05) is 0 Å². The number of nitrogens with one attached hydrogen (secondary N) is 2. The van der Waals surface area contributed by atoms with Gasteiger partial charge in [-0.3, -0.25) is 4.98 Å². The summed E-state index contributed by atoms with van der Waals surface area (Å²) in [6.45, 7) is 3.12. The van der Waals surface area contributed by atoms with Crippen LogP contribution < -0.4 is 10.4 Å². The highest BCUT2D eigenvalue weighted by Gasteiger charge is 2.45. The van der Waals surface area contributed by atoms with Gasteiger partial charge in [0, 0.05) is 6.54 Å². The van der Waals surface area contributed by atoms with E-state index in [9.17, 15) is 10.0 Å². The smallest absolute Gasteiger partial charge is 0.341 e. The van der Waals surface area contributed by atoms with Crippen LogP contribution in [0.15, 0.2) is 53.6 Å². The lowest BCUT2D eigenvalue weighted by atomic mass is 9.63. The van der Waals surface area contributed by atoms with Crippen molar-refractivity contribution in [3.63, 3.8) is 0 Å². The number of imidazole rings is 1. The number of rotatable bonds is 6. The van der Waals surface area contributed by atoms with Crippen LogP contribution in [-0.2, 0) is 12.0 Å².